The van der Waals surface area contributed by atoms with E-state index in [9.17, 15) is 0 Å². The fourth-order valence-electron chi connectivity index (χ4n) is 1.59. The Morgan fingerprint density at radius 3 is 2.20 bits per heavy atom. The number of rotatable bonds is 6. The summed E-state index contributed by atoms with van der Waals surface area (Å²) in [6.07, 6.45) is 10.9. The van der Waals surface area contributed by atoms with E-state index in [1.54, 1.807) is 0 Å². The van der Waals surface area contributed by atoms with Gasteiger partial charge in [-0.25, -0.2) is 4.57 Å². The predicted octanol–water partition coefficient (Wildman–Crippen LogP) is 0.121. The summed E-state index contributed by atoms with van der Waals surface area (Å²) < 4.78 is 2.29. The van der Waals surface area contributed by atoms with Gasteiger partial charge in [0.05, 0.1) is 0 Å². The summed E-state index contributed by atoms with van der Waals surface area (Å²) in [6.45, 7) is 5.62. The largest absolute Gasteiger partial charge is 1.00 e. The molecule has 0 aliphatic carbocycles. The zero-order chi connectivity index (χ0) is 10.2. The minimum Gasteiger partial charge on any atom is -1.00 e. The number of aryl methyl sites for hydroxylation is 2. The Bertz CT molecular complexity index is 243. The first-order chi connectivity index (χ1) is 6.86. The van der Waals surface area contributed by atoms with Gasteiger partial charge in [-0.3, -0.25) is 0 Å². The average Bonchev–Trinajstić information content (AvgIpc) is 2.25. The van der Waals surface area contributed by atoms with E-state index in [2.05, 4.69) is 42.9 Å². The van der Waals surface area contributed by atoms with E-state index in [-0.39, 0.29) is 4.70 Å². The Kier molecular flexibility index (Phi) is 7.88. The van der Waals surface area contributed by atoms with Gasteiger partial charge in [0, 0.05) is 18.6 Å². The molecule has 0 saturated heterocycles. The van der Waals surface area contributed by atoms with Crippen molar-refractivity contribution in [2.24, 2.45) is 0 Å². The molecule has 0 fully saturated rings. The Morgan fingerprint density at radius 1 is 1.00 bits per heavy atom. The summed E-state index contributed by atoms with van der Waals surface area (Å²) in [5.74, 6) is 0. The van der Waals surface area contributed by atoms with Crippen molar-refractivity contribution in [3.63, 3.8) is 0 Å². The van der Waals surface area contributed by atoms with Crippen LogP contribution in [0.4, 0.5) is 0 Å². The van der Waals surface area contributed by atoms with Crippen molar-refractivity contribution < 1.29 is 9.27 Å². The molecule has 1 aromatic heterocycles. The number of pyridine rings is 1. The molecular weight excluding hydrogens is 189 g/mol. The Hall–Kier alpha value is -0.920. The van der Waals surface area contributed by atoms with E-state index in [0.717, 1.165) is 6.42 Å². The van der Waals surface area contributed by atoms with E-state index in [4.69, 9.17) is 0 Å². The first-order valence-corrected chi connectivity index (χ1v) is 5.84. The lowest BCUT2D eigenvalue weighted by Crippen LogP contribution is -3.00. The van der Waals surface area contributed by atoms with Crippen molar-refractivity contribution in [2.75, 3.05) is 0 Å². The summed E-state index contributed by atoms with van der Waals surface area (Å²) in [4.78, 5) is 0. The molecule has 86 valence electrons. The van der Waals surface area contributed by atoms with Crippen LogP contribution in [-0.2, 0) is 13.0 Å². The number of nitrogens with zero attached hydrogens (tertiary/aromatic N) is 1. The monoisotopic (exact) mass is 211 g/mol. The summed E-state index contributed by atoms with van der Waals surface area (Å²) in [7, 11) is 0. The quantitative estimate of drug-likeness (QED) is 0.465. The molecule has 0 spiro atoms. The number of aromatic nitrogens is 1. The normalized spacial score (nSPS) is 9.73. The first-order valence-electron chi connectivity index (χ1n) is 5.84. The lowest BCUT2D eigenvalue weighted by atomic mass is 10.2. The van der Waals surface area contributed by atoms with Gasteiger partial charge in [0.1, 0.15) is 6.54 Å². The second kappa shape index (κ2) is 8.39. The minimum absolute atomic E-state index is 0. The van der Waals surface area contributed by atoms with E-state index in [1.165, 1.54) is 37.8 Å². The van der Waals surface area contributed by atoms with Crippen LogP contribution < -0.4 is 9.27 Å². The van der Waals surface area contributed by atoms with Gasteiger partial charge in [0.25, 0.3) is 0 Å². The van der Waals surface area contributed by atoms with Crippen molar-refractivity contribution in [1.82, 2.24) is 0 Å². The van der Waals surface area contributed by atoms with Crippen molar-refractivity contribution in [3.05, 3.63) is 30.1 Å². The zero-order valence-corrected chi connectivity index (χ0v) is 9.88. The molecule has 0 bridgehead atoms. The van der Waals surface area contributed by atoms with Crippen molar-refractivity contribution in [1.29, 1.82) is 0 Å². The molecule has 0 atom stereocenters. The van der Waals surface area contributed by atoms with Gasteiger partial charge in [0.2, 0.25) is 0 Å². The third kappa shape index (κ3) is 5.50. The lowest BCUT2D eigenvalue weighted by molar-refractivity contribution is -0.697. The maximum Gasteiger partial charge on any atom is 0.169 e. The number of hydrogen-bond donors (Lipinski definition) is 0. The number of hydrogen-bond acceptors (Lipinski definition) is 0. The fourth-order valence-corrected chi connectivity index (χ4v) is 1.59. The highest BCUT2D eigenvalue weighted by molar-refractivity contribution is 5.06. The maximum absolute atomic E-state index is 2.29. The molecule has 0 aliphatic heterocycles. The van der Waals surface area contributed by atoms with Gasteiger partial charge in [-0.15, -0.1) is 0 Å². The second-order valence-corrected chi connectivity index (χ2v) is 3.86. The Balaban J connectivity index is 0.00000196. The smallest absolute Gasteiger partial charge is 0.169 e. The molecule has 2 heteroatoms. The third-order valence-electron chi connectivity index (χ3n) is 2.64. The third-order valence-corrected chi connectivity index (χ3v) is 2.64. The van der Waals surface area contributed by atoms with Crippen LogP contribution in [0.3, 0.4) is 0 Å². The summed E-state index contributed by atoms with van der Waals surface area (Å²) in [5.41, 5.74) is 1.43. The lowest BCUT2D eigenvalue weighted by Gasteiger charge is -1.98. The molecule has 0 N–H and O–H groups in total. The molecule has 1 rings (SSSR count). The van der Waals surface area contributed by atoms with Gasteiger partial charge in [-0.2, -0.15) is 0 Å². The Labute approximate surface area is 92.5 Å². The standard InChI is InChI=1S/C13H22N.FH/c1-3-5-6-7-10-14-11-8-13(4-2)9-12-14;/h8-9,11-12H,3-7,10H2,1-2H3;1H/q+1;/p-1. The molecule has 1 nitrogen and oxygen atoms in total. The predicted molar refractivity (Wildman–Crippen MR) is 60.2 cm³/mol. The average molecular weight is 211 g/mol. The van der Waals surface area contributed by atoms with Crippen LogP contribution in [0, 0.1) is 0 Å². The van der Waals surface area contributed by atoms with Crippen LogP contribution in [0.25, 0.3) is 0 Å². The number of halogens is 1. The van der Waals surface area contributed by atoms with Crippen molar-refractivity contribution in [2.45, 2.75) is 52.5 Å². The topological polar surface area (TPSA) is 3.88 Å². The van der Waals surface area contributed by atoms with E-state index in [1.807, 2.05) is 0 Å². The summed E-state index contributed by atoms with van der Waals surface area (Å²) in [6, 6.07) is 4.44. The fraction of sp³-hybridized carbons (Fsp3) is 0.615. The van der Waals surface area contributed by atoms with Gasteiger partial charge in [-0.1, -0.05) is 26.7 Å². The molecule has 1 aromatic rings. The van der Waals surface area contributed by atoms with Gasteiger partial charge in [-0.05, 0) is 18.4 Å². The zero-order valence-electron chi connectivity index (χ0n) is 9.88. The molecule has 15 heavy (non-hydrogen) atoms. The highest BCUT2D eigenvalue weighted by Crippen LogP contribution is 1.99. The molecule has 0 radical (unpaired) electrons. The van der Waals surface area contributed by atoms with Crippen molar-refractivity contribution in [3.8, 4) is 0 Å². The Morgan fingerprint density at radius 2 is 1.67 bits per heavy atom. The van der Waals surface area contributed by atoms with Crippen LogP contribution in [0.5, 0.6) is 0 Å². The molecule has 0 amide bonds. The first kappa shape index (κ1) is 14.1. The minimum atomic E-state index is 0. The molecular formula is C13H22FN. The van der Waals surface area contributed by atoms with Gasteiger partial charge in [0.15, 0.2) is 12.4 Å². The summed E-state index contributed by atoms with van der Waals surface area (Å²) >= 11 is 0. The second-order valence-electron chi connectivity index (χ2n) is 3.86. The van der Waals surface area contributed by atoms with Gasteiger partial charge < -0.3 is 4.70 Å². The number of unbranched alkanes of at least 4 members (excludes halogenated alkanes) is 3. The van der Waals surface area contributed by atoms with Crippen molar-refractivity contribution >= 4 is 0 Å². The SMILES string of the molecule is CCCCCC[n+]1ccc(CC)cc1.[F-]. The highest BCUT2D eigenvalue weighted by atomic mass is 19.0. The van der Waals surface area contributed by atoms with E-state index < -0.39 is 0 Å². The molecule has 0 aliphatic rings. The van der Waals surface area contributed by atoms with Crippen LogP contribution >= 0.6 is 0 Å². The summed E-state index contributed by atoms with van der Waals surface area (Å²) in [5, 5.41) is 0. The van der Waals surface area contributed by atoms with E-state index >= 15 is 0 Å². The van der Waals surface area contributed by atoms with Crippen LogP contribution in [0.2, 0.25) is 0 Å². The van der Waals surface area contributed by atoms with Crippen LogP contribution in [0.15, 0.2) is 24.5 Å². The molecule has 0 saturated carbocycles. The van der Waals surface area contributed by atoms with Crippen LogP contribution in [-0.4, -0.2) is 0 Å². The maximum atomic E-state index is 2.29. The van der Waals surface area contributed by atoms with Gasteiger partial charge >= 0.3 is 0 Å². The van der Waals surface area contributed by atoms with E-state index in [0.29, 0.717) is 0 Å². The van der Waals surface area contributed by atoms with Crippen LogP contribution in [0.1, 0.15) is 45.1 Å². The molecule has 0 unspecified atom stereocenters. The molecule has 1 heterocycles. The highest BCUT2D eigenvalue weighted by Gasteiger charge is 1.99. The molecule has 0 aromatic carbocycles.